The third kappa shape index (κ3) is 3.22. The van der Waals surface area contributed by atoms with E-state index in [4.69, 9.17) is 4.74 Å². The normalized spacial score (nSPS) is 11.9. The largest absolute Gasteiger partial charge is 0.475 e. The topological polar surface area (TPSA) is 22.1 Å². The van der Waals surface area contributed by atoms with Crippen LogP contribution >= 0.6 is 0 Å². The van der Waals surface area contributed by atoms with Gasteiger partial charge in [0, 0.05) is 11.3 Å². The molecule has 0 radical (unpaired) electrons. The molecule has 0 spiro atoms. The average Bonchev–Trinajstić information content (AvgIpc) is 1.99. The smallest absolute Gasteiger partial charge is 0.217 e. The SMILES string of the molecule is Cc1ccc(C(C)(C)C)c(OC(C)C)n1. The zero-order chi connectivity index (χ0) is 11.6. The maximum atomic E-state index is 5.74. The van der Waals surface area contributed by atoms with Crippen molar-refractivity contribution in [2.45, 2.75) is 53.1 Å². The van der Waals surface area contributed by atoms with Crippen molar-refractivity contribution in [2.75, 3.05) is 0 Å². The van der Waals surface area contributed by atoms with Crippen molar-refractivity contribution in [1.29, 1.82) is 0 Å². The molecular formula is C13H21NO. The van der Waals surface area contributed by atoms with Crippen LogP contribution in [-0.4, -0.2) is 11.1 Å². The molecule has 0 saturated carbocycles. The summed E-state index contributed by atoms with van der Waals surface area (Å²) in [5, 5.41) is 0. The van der Waals surface area contributed by atoms with E-state index in [1.165, 1.54) is 5.56 Å². The molecule has 2 nitrogen and oxygen atoms in total. The number of rotatable bonds is 2. The van der Waals surface area contributed by atoms with Crippen molar-refractivity contribution < 1.29 is 4.74 Å². The van der Waals surface area contributed by atoms with Gasteiger partial charge in [0.1, 0.15) is 0 Å². The van der Waals surface area contributed by atoms with Crippen LogP contribution in [-0.2, 0) is 5.41 Å². The number of aryl methyl sites for hydroxylation is 1. The average molecular weight is 207 g/mol. The highest BCUT2D eigenvalue weighted by atomic mass is 16.5. The van der Waals surface area contributed by atoms with E-state index in [0.717, 1.165) is 11.6 Å². The van der Waals surface area contributed by atoms with Crippen molar-refractivity contribution in [3.63, 3.8) is 0 Å². The lowest BCUT2D eigenvalue weighted by Gasteiger charge is -2.23. The first-order valence-corrected chi connectivity index (χ1v) is 5.45. The Morgan fingerprint density at radius 2 is 1.80 bits per heavy atom. The zero-order valence-electron chi connectivity index (χ0n) is 10.6. The Morgan fingerprint density at radius 1 is 1.20 bits per heavy atom. The summed E-state index contributed by atoms with van der Waals surface area (Å²) in [4.78, 5) is 4.46. The summed E-state index contributed by atoms with van der Waals surface area (Å²) in [6.07, 6.45) is 0.167. The fourth-order valence-electron chi connectivity index (χ4n) is 1.42. The van der Waals surface area contributed by atoms with Crippen LogP contribution in [0.25, 0.3) is 0 Å². The van der Waals surface area contributed by atoms with Gasteiger partial charge in [0.25, 0.3) is 0 Å². The molecule has 84 valence electrons. The Kier molecular flexibility index (Phi) is 3.38. The Bertz CT molecular complexity index is 337. The van der Waals surface area contributed by atoms with Gasteiger partial charge in [-0.05, 0) is 32.3 Å². The second kappa shape index (κ2) is 4.21. The Hall–Kier alpha value is -1.05. The minimum atomic E-state index is 0.0743. The molecule has 15 heavy (non-hydrogen) atoms. The minimum absolute atomic E-state index is 0.0743. The summed E-state index contributed by atoms with van der Waals surface area (Å²) in [6.45, 7) is 12.6. The molecule has 0 N–H and O–H groups in total. The van der Waals surface area contributed by atoms with E-state index in [0.29, 0.717) is 0 Å². The number of aromatic nitrogens is 1. The van der Waals surface area contributed by atoms with Gasteiger partial charge >= 0.3 is 0 Å². The molecule has 0 aliphatic heterocycles. The highest BCUT2D eigenvalue weighted by molar-refractivity contribution is 5.34. The van der Waals surface area contributed by atoms with Gasteiger partial charge in [-0.15, -0.1) is 0 Å². The summed E-state index contributed by atoms with van der Waals surface area (Å²) in [6, 6.07) is 4.15. The van der Waals surface area contributed by atoms with Gasteiger partial charge in [-0.1, -0.05) is 26.8 Å². The summed E-state index contributed by atoms with van der Waals surface area (Å²) < 4.78 is 5.74. The van der Waals surface area contributed by atoms with Crippen molar-refractivity contribution >= 4 is 0 Å². The second-order valence-electron chi connectivity index (χ2n) is 5.22. The van der Waals surface area contributed by atoms with Gasteiger partial charge < -0.3 is 4.74 Å². The molecule has 0 aliphatic rings. The summed E-state index contributed by atoms with van der Waals surface area (Å²) in [5.41, 5.74) is 2.24. The van der Waals surface area contributed by atoms with Crippen LogP contribution in [0.5, 0.6) is 5.88 Å². The fourth-order valence-corrected chi connectivity index (χ4v) is 1.42. The van der Waals surface area contributed by atoms with Crippen molar-refractivity contribution in [3.8, 4) is 5.88 Å². The monoisotopic (exact) mass is 207 g/mol. The quantitative estimate of drug-likeness (QED) is 0.740. The molecule has 1 rings (SSSR count). The first-order chi connectivity index (χ1) is 6.80. The molecule has 1 aromatic rings. The number of nitrogens with zero attached hydrogens (tertiary/aromatic N) is 1. The maximum Gasteiger partial charge on any atom is 0.217 e. The third-order valence-corrected chi connectivity index (χ3v) is 2.15. The van der Waals surface area contributed by atoms with Gasteiger partial charge in [0.05, 0.1) is 6.10 Å². The van der Waals surface area contributed by atoms with Gasteiger partial charge in [-0.2, -0.15) is 0 Å². The van der Waals surface area contributed by atoms with Crippen molar-refractivity contribution in [1.82, 2.24) is 4.98 Å². The molecule has 0 fully saturated rings. The summed E-state index contributed by atoms with van der Waals surface area (Å²) in [7, 11) is 0. The maximum absolute atomic E-state index is 5.74. The standard InChI is InChI=1S/C13H21NO/c1-9(2)15-12-11(13(4,5)6)8-7-10(3)14-12/h7-9H,1-6H3. The Morgan fingerprint density at radius 3 is 2.27 bits per heavy atom. The molecule has 0 atom stereocenters. The van der Waals surface area contributed by atoms with Crippen LogP contribution in [0.15, 0.2) is 12.1 Å². The molecule has 1 heterocycles. The predicted octanol–water partition coefficient (Wildman–Crippen LogP) is 3.47. The summed E-state index contributed by atoms with van der Waals surface area (Å²) >= 11 is 0. The number of pyridine rings is 1. The number of hydrogen-bond acceptors (Lipinski definition) is 2. The van der Waals surface area contributed by atoms with E-state index < -0.39 is 0 Å². The first kappa shape index (κ1) is 12.0. The highest BCUT2D eigenvalue weighted by Crippen LogP contribution is 2.30. The number of hydrogen-bond donors (Lipinski definition) is 0. The van der Waals surface area contributed by atoms with E-state index in [9.17, 15) is 0 Å². The third-order valence-electron chi connectivity index (χ3n) is 2.15. The van der Waals surface area contributed by atoms with Gasteiger partial charge in [-0.3, -0.25) is 0 Å². The van der Waals surface area contributed by atoms with Gasteiger partial charge in [0.15, 0.2) is 0 Å². The van der Waals surface area contributed by atoms with E-state index in [1.807, 2.05) is 26.8 Å². The zero-order valence-corrected chi connectivity index (χ0v) is 10.6. The van der Waals surface area contributed by atoms with E-state index in [1.54, 1.807) is 0 Å². The molecule has 2 heteroatoms. The molecule has 1 aromatic heterocycles. The van der Waals surface area contributed by atoms with Gasteiger partial charge in [-0.25, -0.2) is 4.98 Å². The lowest BCUT2D eigenvalue weighted by Crippen LogP contribution is -2.17. The van der Waals surface area contributed by atoms with E-state index in [2.05, 4.69) is 31.8 Å². The Labute approximate surface area is 92.7 Å². The lowest BCUT2D eigenvalue weighted by molar-refractivity contribution is 0.226. The molecule has 0 aromatic carbocycles. The van der Waals surface area contributed by atoms with Crippen molar-refractivity contribution in [2.24, 2.45) is 0 Å². The Balaban J connectivity index is 3.15. The lowest BCUT2D eigenvalue weighted by atomic mass is 9.87. The highest BCUT2D eigenvalue weighted by Gasteiger charge is 2.20. The molecule has 0 amide bonds. The van der Waals surface area contributed by atoms with E-state index >= 15 is 0 Å². The molecule has 0 bridgehead atoms. The molecule has 0 saturated heterocycles. The van der Waals surface area contributed by atoms with Crippen LogP contribution < -0.4 is 4.74 Å². The first-order valence-electron chi connectivity index (χ1n) is 5.45. The summed E-state index contributed by atoms with van der Waals surface area (Å²) in [5.74, 6) is 0.775. The van der Waals surface area contributed by atoms with Crippen LogP contribution in [0.3, 0.4) is 0 Å². The fraction of sp³-hybridized carbons (Fsp3) is 0.615. The van der Waals surface area contributed by atoms with Crippen molar-refractivity contribution in [3.05, 3.63) is 23.4 Å². The van der Waals surface area contributed by atoms with E-state index in [-0.39, 0.29) is 11.5 Å². The second-order valence-corrected chi connectivity index (χ2v) is 5.22. The number of ether oxygens (including phenoxy) is 1. The predicted molar refractivity (Wildman–Crippen MR) is 63.4 cm³/mol. The molecule has 0 unspecified atom stereocenters. The molecular weight excluding hydrogens is 186 g/mol. The van der Waals surface area contributed by atoms with Crippen LogP contribution in [0.1, 0.15) is 45.9 Å². The van der Waals surface area contributed by atoms with Crippen LogP contribution in [0.4, 0.5) is 0 Å². The minimum Gasteiger partial charge on any atom is -0.475 e. The van der Waals surface area contributed by atoms with Crippen LogP contribution in [0.2, 0.25) is 0 Å². The molecule has 0 aliphatic carbocycles. The van der Waals surface area contributed by atoms with Crippen LogP contribution in [0, 0.1) is 6.92 Å². The van der Waals surface area contributed by atoms with Gasteiger partial charge in [0.2, 0.25) is 5.88 Å².